The monoisotopic (exact) mass is 504 g/mol. The minimum absolute atomic E-state index is 0.424. The molecule has 1 aromatic heterocycles. The molecule has 0 aliphatic carbocycles. The Morgan fingerprint density at radius 2 is 1.44 bits per heavy atom. The van der Waals surface area contributed by atoms with Crippen LogP contribution >= 0.6 is 11.6 Å². The van der Waals surface area contributed by atoms with Gasteiger partial charge in [-0.3, -0.25) is 0 Å². The van der Waals surface area contributed by atoms with Gasteiger partial charge in [0, 0.05) is 33.8 Å². The number of ether oxygens (including phenoxy) is 2. The Morgan fingerprint density at radius 1 is 0.778 bits per heavy atom. The molecular formula is C26H25ClN6O3. The molecule has 184 valence electrons. The third-order valence-electron chi connectivity index (χ3n) is 5.03. The van der Waals surface area contributed by atoms with E-state index in [1.165, 1.54) is 7.11 Å². The second-order valence-corrected chi connectivity index (χ2v) is 8.13. The summed E-state index contributed by atoms with van der Waals surface area (Å²) < 4.78 is 10.4. The predicted molar refractivity (Wildman–Crippen MR) is 143 cm³/mol. The van der Waals surface area contributed by atoms with Crippen molar-refractivity contribution in [1.29, 1.82) is 0 Å². The largest absolute Gasteiger partial charge is 0.497 e. The van der Waals surface area contributed by atoms with Crippen molar-refractivity contribution < 1.29 is 14.3 Å². The number of aromatic nitrogens is 2. The van der Waals surface area contributed by atoms with Crippen molar-refractivity contribution in [3.05, 3.63) is 83.5 Å². The van der Waals surface area contributed by atoms with Gasteiger partial charge in [0.15, 0.2) is 0 Å². The molecule has 0 radical (unpaired) electrons. The van der Waals surface area contributed by atoms with Gasteiger partial charge in [-0.25, -0.2) is 9.78 Å². The summed E-state index contributed by atoms with van der Waals surface area (Å²) in [6.07, 6.45) is 0. The molecule has 10 heteroatoms. The van der Waals surface area contributed by atoms with Crippen molar-refractivity contribution in [1.82, 2.24) is 9.97 Å². The number of anilines is 6. The van der Waals surface area contributed by atoms with E-state index in [2.05, 4.69) is 31.2 Å². The number of amides is 2. The van der Waals surface area contributed by atoms with Crippen LogP contribution in [-0.4, -0.2) is 30.2 Å². The van der Waals surface area contributed by atoms with Crippen LogP contribution in [0.5, 0.6) is 11.5 Å². The molecule has 4 rings (SSSR count). The fourth-order valence-electron chi connectivity index (χ4n) is 3.34. The van der Waals surface area contributed by atoms with E-state index < -0.39 is 6.03 Å². The van der Waals surface area contributed by atoms with Gasteiger partial charge in [-0.15, -0.1) is 0 Å². The fraction of sp³-hybridized carbons (Fsp3) is 0.115. The quantitative estimate of drug-likeness (QED) is 0.214. The van der Waals surface area contributed by atoms with E-state index in [4.69, 9.17) is 21.1 Å². The average molecular weight is 505 g/mol. The Hall–Kier alpha value is -4.50. The van der Waals surface area contributed by atoms with Gasteiger partial charge in [0.1, 0.15) is 17.3 Å². The van der Waals surface area contributed by atoms with E-state index >= 15 is 0 Å². The number of urea groups is 1. The van der Waals surface area contributed by atoms with E-state index in [0.29, 0.717) is 33.9 Å². The molecule has 36 heavy (non-hydrogen) atoms. The molecule has 0 bridgehead atoms. The number of rotatable bonds is 8. The van der Waals surface area contributed by atoms with E-state index in [0.717, 1.165) is 22.8 Å². The summed E-state index contributed by atoms with van der Waals surface area (Å²) in [6, 6.07) is 21.2. The summed E-state index contributed by atoms with van der Waals surface area (Å²) in [4.78, 5) is 21.4. The lowest BCUT2D eigenvalue weighted by molar-refractivity contribution is 0.262. The third kappa shape index (κ3) is 6.55. The van der Waals surface area contributed by atoms with Crippen LogP contribution in [0.2, 0.25) is 5.02 Å². The number of carbonyl (C=O) groups excluding carboxylic acids is 1. The Balaban J connectivity index is 1.39. The minimum Gasteiger partial charge on any atom is -0.497 e. The number of hydrogen-bond donors (Lipinski definition) is 4. The predicted octanol–water partition coefficient (Wildman–Crippen LogP) is 6.59. The van der Waals surface area contributed by atoms with Gasteiger partial charge >= 0.3 is 6.03 Å². The number of carbonyl (C=O) groups is 1. The first-order valence-corrected chi connectivity index (χ1v) is 11.3. The molecule has 4 aromatic rings. The summed E-state index contributed by atoms with van der Waals surface area (Å²) >= 11 is 6.02. The molecular weight excluding hydrogens is 480 g/mol. The highest BCUT2D eigenvalue weighted by Crippen LogP contribution is 2.28. The topological polar surface area (TPSA) is 109 Å². The lowest BCUT2D eigenvalue weighted by atomic mass is 10.2. The number of halogens is 1. The van der Waals surface area contributed by atoms with Crippen molar-refractivity contribution in [2.45, 2.75) is 6.92 Å². The molecule has 2 amide bonds. The third-order valence-corrected chi connectivity index (χ3v) is 5.26. The Kier molecular flexibility index (Phi) is 7.72. The summed E-state index contributed by atoms with van der Waals surface area (Å²) in [5.41, 5.74) is 3.51. The average Bonchev–Trinajstić information content (AvgIpc) is 2.85. The van der Waals surface area contributed by atoms with Crippen LogP contribution in [0.15, 0.2) is 72.8 Å². The highest BCUT2D eigenvalue weighted by Gasteiger charge is 2.09. The highest BCUT2D eigenvalue weighted by atomic mass is 35.5. The molecule has 0 fully saturated rings. The first kappa shape index (κ1) is 24.6. The van der Waals surface area contributed by atoms with Gasteiger partial charge in [0.2, 0.25) is 5.95 Å². The second kappa shape index (κ2) is 11.3. The molecule has 1 heterocycles. The van der Waals surface area contributed by atoms with Gasteiger partial charge in [-0.2, -0.15) is 4.98 Å². The van der Waals surface area contributed by atoms with E-state index in [9.17, 15) is 4.79 Å². The second-order valence-electron chi connectivity index (χ2n) is 7.70. The zero-order chi connectivity index (χ0) is 25.5. The Labute approximate surface area is 213 Å². The molecule has 3 aromatic carbocycles. The van der Waals surface area contributed by atoms with Gasteiger partial charge < -0.3 is 30.7 Å². The Bertz CT molecular complexity index is 1350. The SMILES string of the molecule is COc1ccc(Nc2cc(C)nc(Nc3ccc(NC(=O)Nc4cc(Cl)ccc4OC)cc3)n2)cc1. The summed E-state index contributed by atoms with van der Waals surface area (Å²) in [7, 11) is 3.15. The van der Waals surface area contributed by atoms with Crippen molar-refractivity contribution >= 4 is 52.1 Å². The first-order valence-electron chi connectivity index (χ1n) is 11.0. The molecule has 0 aliphatic rings. The van der Waals surface area contributed by atoms with Crippen LogP contribution in [0.3, 0.4) is 0 Å². The lowest BCUT2D eigenvalue weighted by Gasteiger charge is -2.12. The van der Waals surface area contributed by atoms with Crippen molar-refractivity contribution in [3.8, 4) is 11.5 Å². The van der Waals surface area contributed by atoms with Gasteiger partial charge in [0.05, 0.1) is 19.9 Å². The van der Waals surface area contributed by atoms with Crippen LogP contribution < -0.4 is 30.7 Å². The summed E-state index contributed by atoms with van der Waals surface area (Å²) in [5.74, 6) is 2.38. The molecule has 9 nitrogen and oxygen atoms in total. The van der Waals surface area contributed by atoms with Crippen LogP contribution in [0.1, 0.15) is 5.69 Å². The number of nitrogens with one attached hydrogen (secondary N) is 4. The number of benzene rings is 3. The maximum absolute atomic E-state index is 12.4. The highest BCUT2D eigenvalue weighted by molar-refractivity contribution is 6.31. The molecule has 0 unspecified atom stereocenters. The fourth-order valence-corrected chi connectivity index (χ4v) is 3.51. The van der Waals surface area contributed by atoms with E-state index in [1.54, 1.807) is 37.4 Å². The summed E-state index contributed by atoms with van der Waals surface area (Å²) in [6.45, 7) is 1.90. The van der Waals surface area contributed by atoms with Crippen LogP contribution in [-0.2, 0) is 0 Å². The minimum atomic E-state index is -0.424. The van der Waals surface area contributed by atoms with Crippen molar-refractivity contribution in [2.24, 2.45) is 0 Å². The van der Waals surface area contributed by atoms with Crippen LogP contribution in [0, 0.1) is 6.92 Å². The number of nitrogens with zero attached hydrogens (tertiary/aromatic N) is 2. The summed E-state index contributed by atoms with van der Waals surface area (Å²) in [5, 5.41) is 12.5. The Morgan fingerprint density at radius 3 is 2.14 bits per heavy atom. The lowest BCUT2D eigenvalue weighted by Crippen LogP contribution is -2.19. The number of methoxy groups -OCH3 is 2. The van der Waals surface area contributed by atoms with Crippen molar-refractivity contribution in [3.63, 3.8) is 0 Å². The van der Waals surface area contributed by atoms with E-state index in [1.807, 2.05) is 49.4 Å². The van der Waals surface area contributed by atoms with Crippen LogP contribution in [0.4, 0.5) is 39.3 Å². The van der Waals surface area contributed by atoms with Gasteiger partial charge in [-0.05, 0) is 73.7 Å². The molecule has 4 N–H and O–H groups in total. The standard InChI is InChI=1S/C26H25ClN6O3/c1-16-14-24(29-18-9-11-21(35-2)12-10-18)33-25(28-16)30-19-5-7-20(8-6-19)31-26(34)32-22-15-17(27)4-13-23(22)36-3/h4-15H,1-3H3,(H2,31,32,34)(H2,28,29,30,33). The van der Waals surface area contributed by atoms with Crippen molar-refractivity contribution in [2.75, 3.05) is 35.5 Å². The van der Waals surface area contributed by atoms with E-state index in [-0.39, 0.29) is 0 Å². The number of hydrogen-bond acceptors (Lipinski definition) is 7. The zero-order valence-electron chi connectivity index (χ0n) is 19.9. The smallest absolute Gasteiger partial charge is 0.323 e. The van der Waals surface area contributed by atoms with Gasteiger partial charge in [-0.1, -0.05) is 11.6 Å². The number of aryl methyl sites for hydroxylation is 1. The molecule has 0 spiro atoms. The molecule has 0 aliphatic heterocycles. The maximum atomic E-state index is 12.4. The molecule has 0 atom stereocenters. The zero-order valence-corrected chi connectivity index (χ0v) is 20.7. The normalized spacial score (nSPS) is 10.3. The molecule has 0 saturated carbocycles. The molecule has 0 saturated heterocycles. The van der Waals surface area contributed by atoms with Gasteiger partial charge in [0.25, 0.3) is 0 Å². The van der Waals surface area contributed by atoms with Crippen LogP contribution in [0.25, 0.3) is 0 Å². The maximum Gasteiger partial charge on any atom is 0.323 e. The first-order chi connectivity index (χ1) is 17.4.